The summed E-state index contributed by atoms with van der Waals surface area (Å²) in [6.07, 6.45) is 6.58. The van der Waals surface area contributed by atoms with Gasteiger partial charge in [-0.25, -0.2) is 0 Å². The van der Waals surface area contributed by atoms with Gasteiger partial charge >= 0.3 is 0 Å². The fraction of sp³-hybridized carbons (Fsp3) is 0.267. The molecule has 0 radical (unpaired) electrons. The molecule has 0 aliphatic heterocycles. The molecule has 0 saturated carbocycles. The maximum atomic E-state index is 6.47. The van der Waals surface area contributed by atoms with Crippen LogP contribution in [0.1, 0.15) is 58.2 Å². The lowest BCUT2D eigenvalue weighted by atomic mass is 9.80. The van der Waals surface area contributed by atoms with Crippen molar-refractivity contribution in [1.29, 1.82) is 0 Å². The van der Waals surface area contributed by atoms with Crippen LogP contribution in [-0.4, -0.2) is 0 Å². The molecule has 0 fully saturated rings. The summed E-state index contributed by atoms with van der Waals surface area (Å²) in [6, 6.07) is 20.1. The van der Waals surface area contributed by atoms with Crippen LogP contribution in [0.3, 0.4) is 0 Å². The molecule has 1 heteroatoms. The number of rotatable bonds is 4. The predicted molar refractivity (Wildman–Crippen MR) is 134 cm³/mol. The number of hydrogen-bond donors (Lipinski definition) is 1. The van der Waals surface area contributed by atoms with E-state index in [1.165, 1.54) is 55.6 Å². The predicted octanol–water partition coefficient (Wildman–Crippen LogP) is 7.56. The highest BCUT2D eigenvalue weighted by molar-refractivity contribution is 5.82. The highest BCUT2D eigenvalue weighted by Crippen LogP contribution is 2.40. The van der Waals surface area contributed by atoms with Gasteiger partial charge in [0.05, 0.1) is 0 Å². The monoisotopic (exact) mass is 407 g/mol. The minimum absolute atomic E-state index is 0.330. The third-order valence-electron chi connectivity index (χ3n) is 6.72. The Hall–Kier alpha value is -3.06. The zero-order chi connectivity index (χ0) is 22.1. The molecule has 1 atom stereocenters. The molecule has 1 aliphatic carbocycles. The fourth-order valence-corrected chi connectivity index (χ4v) is 5.06. The minimum atomic E-state index is 0.330. The SMILES string of the molecule is CCc1ccccc1-c1c(C)ccc(C2C=C(c3ccc(C)cc3C)C(N)=CC2)c1C. The van der Waals surface area contributed by atoms with Crippen molar-refractivity contribution in [3.05, 3.63) is 111 Å². The van der Waals surface area contributed by atoms with Crippen molar-refractivity contribution in [3.63, 3.8) is 0 Å². The van der Waals surface area contributed by atoms with E-state index in [9.17, 15) is 0 Å². The van der Waals surface area contributed by atoms with Gasteiger partial charge in [-0.05, 0) is 85.0 Å². The normalized spacial score (nSPS) is 16.1. The quantitative estimate of drug-likeness (QED) is 0.474. The molecule has 0 saturated heterocycles. The van der Waals surface area contributed by atoms with Crippen LogP contribution in [0.5, 0.6) is 0 Å². The van der Waals surface area contributed by atoms with E-state index in [2.05, 4.69) is 101 Å². The third kappa shape index (κ3) is 3.97. The van der Waals surface area contributed by atoms with Gasteiger partial charge in [0, 0.05) is 17.2 Å². The van der Waals surface area contributed by atoms with E-state index < -0.39 is 0 Å². The zero-order valence-corrected chi connectivity index (χ0v) is 19.4. The molecule has 0 spiro atoms. The van der Waals surface area contributed by atoms with Crippen LogP contribution in [0.2, 0.25) is 0 Å². The molecule has 0 amide bonds. The summed E-state index contributed by atoms with van der Waals surface area (Å²) in [6.45, 7) is 11.1. The standard InChI is InChI=1S/C30H33N/c1-6-23-9-7-8-10-27(23)30-20(3)12-15-26(22(30)5)24-13-16-29(31)28(18-24)25-14-11-19(2)17-21(25)4/h7-12,14-18,24H,6,13,31H2,1-5H3. The summed E-state index contributed by atoms with van der Waals surface area (Å²) in [5.74, 6) is 0.330. The first-order chi connectivity index (χ1) is 14.9. The Morgan fingerprint density at radius 2 is 1.65 bits per heavy atom. The molecule has 31 heavy (non-hydrogen) atoms. The van der Waals surface area contributed by atoms with Crippen LogP contribution in [0, 0.1) is 27.7 Å². The Bertz CT molecular complexity index is 1190. The second kappa shape index (κ2) is 8.59. The maximum Gasteiger partial charge on any atom is 0.0350 e. The topological polar surface area (TPSA) is 26.0 Å². The van der Waals surface area contributed by atoms with E-state index >= 15 is 0 Å². The lowest BCUT2D eigenvalue weighted by molar-refractivity contribution is 0.838. The van der Waals surface area contributed by atoms with Gasteiger partial charge in [0.15, 0.2) is 0 Å². The summed E-state index contributed by atoms with van der Waals surface area (Å²) in [4.78, 5) is 0. The van der Waals surface area contributed by atoms with Gasteiger partial charge in [0.2, 0.25) is 0 Å². The van der Waals surface area contributed by atoms with Crippen molar-refractivity contribution < 1.29 is 0 Å². The summed E-state index contributed by atoms with van der Waals surface area (Å²) >= 11 is 0. The first kappa shape index (κ1) is 21.2. The Balaban J connectivity index is 1.83. The van der Waals surface area contributed by atoms with Crippen molar-refractivity contribution in [3.8, 4) is 11.1 Å². The summed E-state index contributed by atoms with van der Waals surface area (Å²) in [5, 5.41) is 0. The van der Waals surface area contributed by atoms with Crippen LogP contribution in [-0.2, 0) is 6.42 Å². The van der Waals surface area contributed by atoms with Crippen molar-refractivity contribution in [1.82, 2.24) is 0 Å². The van der Waals surface area contributed by atoms with Crippen LogP contribution in [0.15, 0.2) is 72.4 Å². The minimum Gasteiger partial charge on any atom is -0.398 e. The Morgan fingerprint density at radius 3 is 2.39 bits per heavy atom. The highest BCUT2D eigenvalue weighted by atomic mass is 14.6. The van der Waals surface area contributed by atoms with Gasteiger partial charge in [-0.2, -0.15) is 0 Å². The molecule has 1 unspecified atom stereocenters. The van der Waals surface area contributed by atoms with Gasteiger partial charge in [-0.1, -0.05) is 79.2 Å². The largest absolute Gasteiger partial charge is 0.398 e. The molecule has 0 aromatic heterocycles. The van der Waals surface area contributed by atoms with E-state index in [0.29, 0.717) is 5.92 Å². The van der Waals surface area contributed by atoms with Crippen LogP contribution in [0.4, 0.5) is 0 Å². The maximum absolute atomic E-state index is 6.47. The molecule has 4 rings (SSSR count). The zero-order valence-electron chi connectivity index (χ0n) is 19.4. The van der Waals surface area contributed by atoms with E-state index in [1.807, 2.05) is 0 Å². The fourth-order valence-electron chi connectivity index (χ4n) is 5.06. The van der Waals surface area contributed by atoms with Crippen molar-refractivity contribution in [2.75, 3.05) is 0 Å². The van der Waals surface area contributed by atoms with Crippen molar-refractivity contribution in [2.45, 2.75) is 53.4 Å². The molecule has 1 nitrogen and oxygen atoms in total. The van der Waals surface area contributed by atoms with Gasteiger partial charge in [-0.15, -0.1) is 0 Å². The van der Waals surface area contributed by atoms with Gasteiger partial charge in [0.1, 0.15) is 0 Å². The van der Waals surface area contributed by atoms with E-state index in [0.717, 1.165) is 18.5 Å². The molecular weight excluding hydrogens is 374 g/mol. The van der Waals surface area contributed by atoms with Crippen LogP contribution < -0.4 is 5.73 Å². The van der Waals surface area contributed by atoms with E-state index in [4.69, 9.17) is 5.73 Å². The number of benzene rings is 3. The van der Waals surface area contributed by atoms with Crippen LogP contribution in [0.25, 0.3) is 16.7 Å². The molecule has 0 bridgehead atoms. The molecule has 1 aliphatic rings. The van der Waals surface area contributed by atoms with Crippen molar-refractivity contribution in [2.24, 2.45) is 5.73 Å². The molecular formula is C30H33N. The Labute approximate surface area is 187 Å². The summed E-state index contributed by atoms with van der Waals surface area (Å²) in [5.41, 5.74) is 20.6. The lowest BCUT2D eigenvalue weighted by Crippen LogP contribution is -2.11. The molecule has 0 heterocycles. The third-order valence-corrected chi connectivity index (χ3v) is 6.72. The first-order valence-electron chi connectivity index (χ1n) is 11.3. The highest BCUT2D eigenvalue weighted by Gasteiger charge is 2.21. The second-order valence-electron chi connectivity index (χ2n) is 8.88. The van der Waals surface area contributed by atoms with Gasteiger partial charge in [0.25, 0.3) is 0 Å². The summed E-state index contributed by atoms with van der Waals surface area (Å²) in [7, 11) is 0. The molecule has 2 N–H and O–H groups in total. The molecule has 3 aromatic rings. The van der Waals surface area contributed by atoms with Crippen molar-refractivity contribution >= 4 is 5.57 Å². The number of hydrogen-bond acceptors (Lipinski definition) is 1. The number of aryl methyl sites for hydroxylation is 4. The average Bonchev–Trinajstić information content (AvgIpc) is 2.75. The van der Waals surface area contributed by atoms with Crippen LogP contribution >= 0.6 is 0 Å². The first-order valence-corrected chi connectivity index (χ1v) is 11.3. The summed E-state index contributed by atoms with van der Waals surface area (Å²) < 4.78 is 0. The van der Waals surface area contributed by atoms with E-state index in [1.54, 1.807) is 0 Å². The number of allylic oxidation sites excluding steroid dienone is 3. The Kier molecular flexibility index (Phi) is 5.87. The molecule has 158 valence electrons. The van der Waals surface area contributed by atoms with Gasteiger partial charge in [-0.3, -0.25) is 0 Å². The molecule has 3 aromatic carbocycles. The number of nitrogens with two attached hydrogens (primary N) is 1. The second-order valence-corrected chi connectivity index (χ2v) is 8.88. The average molecular weight is 408 g/mol. The van der Waals surface area contributed by atoms with E-state index in [-0.39, 0.29) is 0 Å². The smallest absolute Gasteiger partial charge is 0.0350 e. The Morgan fingerprint density at radius 1 is 0.871 bits per heavy atom. The van der Waals surface area contributed by atoms with Gasteiger partial charge < -0.3 is 5.73 Å². The lowest BCUT2D eigenvalue weighted by Gasteiger charge is -2.25.